The van der Waals surface area contributed by atoms with Crippen LogP contribution >= 0.6 is 0 Å². The first-order valence-corrected chi connectivity index (χ1v) is 7.75. The van der Waals surface area contributed by atoms with Gasteiger partial charge in [0, 0.05) is 18.0 Å². The predicted octanol–water partition coefficient (Wildman–Crippen LogP) is 4.12. The molecule has 3 unspecified atom stereocenters. The normalized spacial score (nSPS) is 25.0. The smallest absolute Gasteiger partial charge is 0.119 e. The molecule has 1 saturated heterocycles. The molecule has 0 aliphatic carbocycles. The van der Waals surface area contributed by atoms with Crippen molar-refractivity contribution in [1.82, 2.24) is 5.32 Å². The lowest BCUT2D eigenvalue weighted by molar-refractivity contribution is 0.306. The summed E-state index contributed by atoms with van der Waals surface area (Å²) in [6, 6.07) is 20.0. The standard InChI is InChI=1S/C19H23NO/c1-14-12-19(15(2)20-14)17-8-10-18(11-9-17)21-13-16-6-4-3-5-7-16/h3-11,14-15,19-20H,12-13H2,1-2H3. The number of hydrogen-bond donors (Lipinski definition) is 1. The quantitative estimate of drug-likeness (QED) is 0.910. The Balaban J connectivity index is 1.62. The molecule has 110 valence electrons. The van der Waals surface area contributed by atoms with Crippen LogP contribution in [0.4, 0.5) is 0 Å². The Kier molecular flexibility index (Phi) is 4.26. The molecule has 0 amide bonds. The molecule has 1 aliphatic heterocycles. The maximum absolute atomic E-state index is 5.84. The van der Waals surface area contributed by atoms with Gasteiger partial charge in [0.1, 0.15) is 12.4 Å². The molecule has 0 saturated carbocycles. The minimum Gasteiger partial charge on any atom is -0.489 e. The second-order valence-electron chi connectivity index (χ2n) is 6.04. The Bertz CT molecular complexity index is 564. The predicted molar refractivity (Wildman–Crippen MR) is 86.6 cm³/mol. The summed E-state index contributed by atoms with van der Waals surface area (Å²) < 4.78 is 5.84. The zero-order chi connectivity index (χ0) is 14.7. The van der Waals surface area contributed by atoms with E-state index >= 15 is 0 Å². The molecule has 0 bridgehead atoms. The van der Waals surface area contributed by atoms with Crippen LogP contribution < -0.4 is 10.1 Å². The summed E-state index contributed by atoms with van der Waals surface area (Å²) in [5.41, 5.74) is 2.61. The van der Waals surface area contributed by atoms with E-state index in [0.717, 1.165) is 5.75 Å². The Hall–Kier alpha value is -1.80. The van der Waals surface area contributed by atoms with Crippen LogP contribution in [0.25, 0.3) is 0 Å². The van der Waals surface area contributed by atoms with Gasteiger partial charge in [-0.25, -0.2) is 0 Å². The number of benzene rings is 2. The Morgan fingerprint density at radius 2 is 1.71 bits per heavy atom. The third-order valence-electron chi connectivity index (χ3n) is 4.32. The first-order chi connectivity index (χ1) is 10.2. The van der Waals surface area contributed by atoms with Crippen LogP contribution in [0.2, 0.25) is 0 Å². The van der Waals surface area contributed by atoms with Crippen molar-refractivity contribution < 1.29 is 4.74 Å². The van der Waals surface area contributed by atoms with E-state index in [2.05, 4.69) is 55.6 Å². The summed E-state index contributed by atoms with van der Waals surface area (Å²) in [5, 5.41) is 3.60. The van der Waals surface area contributed by atoms with Crippen LogP contribution in [0, 0.1) is 0 Å². The van der Waals surface area contributed by atoms with E-state index in [1.165, 1.54) is 17.5 Å². The highest BCUT2D eigenvalue weighted by molar-refractivity contribution is 5.31. The second kappa shape index (κ2) is 6.31. The summed E-state index contributed by atoms with van der Waals surface area (Å²) in [7, 11) is 0. The molecule has 2 heteroatoms. The molecule has 0 radical (unpaired) electrons. The van der Waals surface area contributed by atoms with Gasteiger partial charge in [0.05, 0.1) is 0 Å². The average Bonchev–Trinajstić information content (AvgIpc) is 2.85. The monoisotopic (exact) mass is 281 g/mol. The third kappa shape index (κ3) is 3.45. The fourth-order valence-corrected chi connectivity index (χ4v) is 3.19. The molecule has 2 aromatic carbocycles. The Morgan fingerprint density at radius 1 is 1.00 bits per heavy atom. The zero-order valence-corrected chi connectivity index (χ0v) is 12.8. The molecular formula is C19H23NO. The second-order valence-corrected chi connectivity index (χ2v) is 6.04. The highest BCUT2D eigenvalue weighted by atomic mass is 16.5. The van der Waals surface area contributed by atoms with Crippen molar-refractivity contribution >= 4 is 0 Å². The zero-order valence-electron chi connectivity index (χ0n) is 12.8. The fourth-order valence-electron chi connectivity index (χ4n) is 3.19. The maximum Gasteiger partial charge on any atom is 0.119 e. The number of ether oxygens (including phenoxy) is 1. The Labute approximate surface area is 127 Å². The van der Waals surface area contributed by atoms with Crippen LogP contribution in [0.1, 0.15) is 37.3 Å². The molecule has 3 rings (SSSR count). The van der Waals surface area contributed by atoms with Crippen LogP contribution in [0.15, 0.2) is 54.6 Å². The van der Waals surface area contributed by atoms with Crippen molar-refractivity contribution in [2.45, 2.75) is 44.9 Å². The van der Waals surface area contributed by atoms with Gasteiger partial charge in [-0.2, -0.15) is 0 Å². The molecule has 1 heterocycles. The number of hydrogen-bond acceptors (Lipinski definition) is 2. The lowest BCUT2D eigenvalue weighted by atomic mass is 9.92. The molecule has 1 N–H and O–H groups in total. The largest absolute Gasteiger partial charge is 0.489 e. The van der Waals surface area contributed by atoms with Gasteiger partial charge in [-0.3, -0.25) is 0 Å². The van der Waals surface area contributed by atoms with Crippen LogP contribution in [-0.4, -0.2) is 12.1 Å². The molecule has 2 aromatic rings. The average molecular weight is 281 g/mol. The lowest BCUT2D eigenvalue weighted by Crippen LogP contribution is -2.26. The molecule has 0 aromatic heterocycles. The van der Waals surface area contributed by atoms with Crippen molar-refractivity contribution in [1.29, 1.82) is 0 Å². The van der Waals surface area contributed by atoms with Crippen molar-refractivity contribution in [2.24, 2.45) is 0 Å². The van der Waals surface area contributed by atoms with Crippen molar-refractivity contribution in [3.8, 4) is 5.75 Å². The summed E-state index contributed by atoms with van der Waals surface area (Å²) >= 11 is 0. The van der Waals surface area contributed by atoms with Gasteiger partial charge in [0.2, 0.25) is 0 Å². The Morgan fingerprint density at radius 3 is 2.33 bits per heavy atom. The van der Waals surface area contributed by atoms with Gasteiger partial charge in [0.25, 0.3) is 0 Å². The van der Waals surface area contributed by atoms with Crippen LogP contribution in [0.5, 0.6) is 5.75 Å². The summed E-state index contributed by atoms with van der Waals surface area (Å²) in [4.78, 5) is 0. The van der Waals surface area contributed by atoms with E-state index in [9.17, 15) is 0 Å². The van der Waals surface area contributed by atoms with Gasteiger partial charge in [-0.15, -0.1) is 0 Å². The molecule has 1 aliphatic rings. The van der Waals surface area contributed by atoms with E-state index in [1.807, 2.05) is 18.2 Å². The summed E-state index contributed by atoms with van der Waals surface area (Å²) in [6.45, 7) is 5.15. The SMILES string of the molecule is CC1CC(c2ccc(OCc3ccccc3)cc2)C(C)N1. The van der Waals surface area contributed by atoms with Gasteiger partial charge in [-0.05, 0) is 43.5 Å². The highest BCUT2D eigenvalue weighted by Gasteiger charge is 2.28. The van der Waals surface area contributed by atoms with Gasteiger partial charge >= 0.3 is 0 Å². The topological polar surface area (TPSA) is 21.3 Å². The molecule has 21 heavy (non-hydrogen) atoms. The number of nitrogens with one attached hydrogen (secondary N) is 1. The molecule has 0 spiro atoms. The minimum atomic E-state index is 0.552. The van der Waals surface area contributed by atoms with Gasteiger partial charge in [-0.1, -0.05) is 42.5 Å². The summed E-state index contributed by atoms with van der Waals surface area (Å²) in [6.07, 6.45) is 1.21. The van der Waals surface area contributed by atoms with Crippen molar-refractivity contribution in [3.63, 3.8) is 0 Å². The van der Waals surface area contributed by atoms with E-state index in [1.54, 1.807) is 0 Å². The van der Waals surface area contributed by atoms with Crippen molar-refractivity contribution in [3.05, 3.63) is 65.7 Å². The van der Waals surface area contributed by atoms with Crippen LogP contribution in [0.3, 0.4) is 0 Å². The molecular weight excluding hydrogens is 258 g/mol. The van der Waals surface area contributed by atoms with E-state index < -0.39 is 0 Å². The highest BCUT2D eigenvalue weighted by Crippen LogP contribution is 2.31. The fraction of sp³-hybridized carbons (Fsp3) is 0.368. The van der Waals surface area contributed by atoms with E-state index in [4.69, 9.17) is 4.74 Å². The maximum atomic E-state index is 5.84. The van der Waals surface area contributed by atoms with Gasteiger partial charge < -0.3 is 10.1 Å². The van der Waals surface area contributed by atoms with E-state index in [0.29, 0.717) is 24.6 Å². The molecule has 2 nitrogen and oxygen atoms in total. The first-order valence-electron chi connectivity index (χ1n) is 7.75. The van der Waals surface area contributed by atoms with Gasteiger partial charge in [0.15, 0.2) is 0 Å². The summed E-state index contributed by atoms with van der Waals surface area (Å²) in [5.74, 6) is 1.55. The number of rotatable bonds is 4. The first kappa shape index (κ1) is 14.2. The minimum absolute atomic E-state index is 0.552. The van der Waals surface area contributed by atoms with Crippen molar-refractivity contribution in [2.75, 3.05) is 0 Å². The molecule has 3 atom stereocenters. The third-order valence-corrected chi connectivity index (χ3v) is 4.32. The van der Waals surface area contributed by atoms with Crippen LogP contribution in [-0.2, 0) is 6.61 Å². The van der Waals surface area contributed by atoms with E-state index in [-0.39, 0.29) is 0 Å². The molecule has 1 fully saturated rings. The lowest BCUT2D eigenvalue weighted by Gasteiger charge is -2.16.